The first-order chi connectivity index (χ1) is 15.5. The van der Waals surface area contributed by atoms with Crippen molar-refractivity contribution in [2.75, 3.05) is 38.2 Å². The second kappa shape index (κ2) is 12.0. The van der Waals surface area contributed by atoms with Crippen molar-refractivity contribution in [1.82, 2.24) is 15.2 Å². The standard InChI is InChI=1S/C24H32N4O4/c1-3-31-21-9-7-8-19-15-28(17-23(30)27-20-12-18(2)13-25-14-20)16-22(29)26-10-5-4-6-11-32-24(19)21/h7-9,12-14H,3-6,10-11,15-17H2,1-2H3,(H,26,29)(H,27,30). The number of amides is 2. The van der Waals surface area contributed by atoms with Gasteiger partial charge in [0.25, 0.3) is 0 Å². The van der Waals surface area contributed by atoms with E-state index in [0.29, 0.717) is 43.5 Å². The Morgan fingerprint density at radius 1 is 1.25 bits per heavy atom. The number of aryl methyl sites for hydroxylation is 1. The van der Waals surface area contributed by atoms with Crippen LogP contribution in [0.4, 0.5) is 5.69 Å². The van der Waals surface area contributed by atoms with Gasteiger partial charge in [-0.3, -0.25) is 19.5 Å². The topological polar surface area (TPSA) is 92.8 Å². The lowest BCUT2D eigenvalue weighted by atomic mass is 10.1. The van der Waals surface area contributed by atoms with Crippen molar-refractivity contribution in [3.8, 4) is 11.5 Å². The summed E-state index contributed by atoms with van der Waals surface area (Å²) in [6, 6.07) is 7.59. The quantitative estimate of drug-likeness (QED) is 0.743. The second-order valence-corrected chi connectivity index (χ2v) is 7.88. The molecule has 1 aromatic carbocycles. The molecule has 2 aromatic rings. The number of nitrogens with one attached hydrogen (secondary N) is 2. The molecule has 2 N–H and O–H groups in total. The van der Waals surface area contributed by atoms with Gasteiger partial charge in [-0.1, -0.05) is 12.1 Å². The van der Waals surface area contributed by atoms with Crippen LogP contribution in [0.1, 0.15) is 37.3 Å². The molecule has 1 aliphatic heterocycles. The van der Waals surface area contributed by atoms with Crippen molar-refractivity contribution in [2.24, 2.45) is 0 Å². The van der Waals surface area contributed by atoms with Gasteiger partial charge in [0.15, 0.2) is 11.5 Å². The Kier molecular flexibility index (Phi) is 8.86. The van der Waals surface area contributed by atoms with Crippen LogP contribution in [0.5, 0.6) is 11.5 Å². The number of fused-ring (bicyclic) bond motifs is 1. The van der Waals surface area contributed by atoms with Gasteiger partial charge in [0.1, 0.15) is 0 Å². The fourth-order valence-corrected chi connectivity index (χ4v) is 3.62. The number of carbonyl (C=O) groups is 2. The molecule has 0 saturated heterocycles. The molecule has 0 bridgehead atoms. The molecule has 8 nitrogen and oxygen atoms in total. The lowest BCUT2D eigenvalue weighted by molar-refractivity contribution is -0.123. The highest BCUT2D eigenvalue weighted by Gasteiger charge is 2.20. The van der Waals surface area contributed by atoms with Crippen molar-refractivity contribution in [3.63, 3.8) is 0 Å². The number of ether oxygens (including phenoxy) is 2. The van der Waals surface area contributed by atoms with E-state index in [0.717, 1.165) is 30.4 Å². The summed E-state index contributed by atoms with van der Waals surface area (Å²) in [6.45, 7) is 6.11. The lowest BCUT2D eigenvalue weighted by Gasteiger charge is -2.23. The van der Waals surface area contributed by atoms with E-state index in [-0.39, 0.29) is 24.9 Å². The highest BCUT2D eigenvalue weighted by molar-refractivity contribution is 5.92. The van der Waals surface area contributed by atoms with Crippen molar-refractivity contribution in [3.05, 3.63) is 47.8 Å². The van der Waals surface area contributed by atoms with Crippen LogP contribution >= 0.6 is 0 Å². The predicted octanol–water partition coefficient (Wildman–Crippen LogP) is 2.91. The monoisotopic (exact) mass is 440 g/mol. The minimum Gasteiger partial charge on any atom is -0.490 e. The van der Waals surface area contributed by atoms with Crippen LogP contribution in [0.25, 0.3) is 0 Å². The summed E-state index contributed by atoms with van der Waals surface area (Å²) in [5.41, 5.74) is 2.47. The number of benzene rings is 1. The van der Waals surface area contributed by atoms with Gasteiger partial charge in [0.2, 0.25) is 11.8 Å². The van der Waals surface area contributed by atoms with Crippen LogP contribution in [0.15, 0.2) is 36.7 Å². The number of rotatable bonds is 5. The Balaban J connectivity index is 1.80. The number of anilines is 1. The van der Waals surface area contributed by atoms with E-state index in [4.69, 9.17) is 9.47 Å². The number of nitrogens with zero attached hydrogens (tertiary/aromatic N) is 2. The molecule has 0 aliphatic carbocycles. The van der Waals surface area contributed by atoms with E-state index in [9.17, 15) is 9.59 Å². The average molecular weight is 441 g/mol. The first kappa shape index (κ1) is 23.5. The molecule has 0 spiro atoms. The summed E-state index contributed by atoms with van der Waals surface area (Å²) in [5.74, 6) is 1.05. The van der Waals surface area contributed by atoms with Crippen LogP contribution in [0, 0.1) is 6.92 Å². The number of hydrogen-bond acceptors (Lipinski definition) is 6. The molecule has 0 saturated carbocycles. The maximum atomic E-state index is 12.7. The number of hydrogen-bond donors (Lipinski definition) is 2. The van der Waals surface area contributed by atoms with Crippen molar-refractivity contribution in [1.29, 1.82) is 0 Å². The van der Waals surface area contributed by atoms with Gasteiger partial charge < -0.3 is 20.1 Å². The zero-order valence-electron chi connectivity index (χ0n) is 18.9. The molecule has 32 heavy (non-hydrogen) atoms. The summed E-state index contributed by atoms with van der Waals surface area (Å²) in [5, 5.41) is 5.82. The summed E-state index contributed by atoms with van der Waals surface area (Å²) < 4.78 is 11.9. The van der Waals surface area contributed by atoms with E-state index in [2.05, 4.69) is 15.6 Å². The van der Waals surface area contributed by atoms with Gasteiger partial charge in [0.05, 0.1) is 38.2 Å². The molecular weight excluding hydrogens is 408 g/mol. The first-order valence-corrected chi connectivity index (χ1v) is 11.1. The number of carbonyl (C=O) groups excluding carboxylic acids is 2. The third-order valence-corrected chi connectivity index (χ3v) is 5.04. The van der Waals surface area contributed by atoms with Gasteiger partial charge >= 0.3 is 0 Å². The molecule has 3 rings (SSSR count). The van der Waals surface area contributed by atoms with Gasteiger partial charge in [-0.05, 0) is 50.8 Å². The summed E-state index contributed by atoms with van der Waals surface area (Å²) in [4.78, 5) is 31.2. The Hall–Kier alpha value is -3.13. The molecule has 0 unspecified atom stereocenters. The third kappa shape index (κ3) is 7.23. The molecule has 0 radical (unpaired) electrons. The van der Waals surface area contributed by atoms with Crippen molar-refractivity contribution in [2.45, 2.75) is 39.7 Å². The highest BCUT2D eigenvalue weighted by atomic mass is 16.5. The maximum Gasteiger partial charge on any atom is 0.238 e. The first-order valence-electron chi connectivity index (χ1n) is 11.1. The van der Waals surface area contributed by atoms with Crippen LogP contribution in [0.3, 0.4) is 0 Å². The van der Waals surface area contributed by atoms with Crippen molar-refractivity contribution < 1.29 is 19.1 Å². The summed E-state index contributed by atoms with van der Waals surface area (Å²) in [6.07, 6.45) is 6.08. The molecule has 2 amide bonds. The second-order valence-electron chi connectivity index (χ2n) is 7.88. The molecule has 0 fully saturated rings. The molecular formula is C24H32N4O4. The van der Waals surface area contributed by atoms with Gasteiger partial charge in [-0.15, -0.1) is 0 Å². The molecule has 1 aromatic heterocycles. The minimum atomic E-state index is -0.210. The lowest BCUT2D eigenvalue weighted by Crippen LogP contribution is -2.41. The van der Waals surface area contributed by atoms with E-state index in [1.807, 2.05) is 43.0 Å². The fraction of sp³-hybridized carbons (Fsp3) is 0.458. The maximum absolute atomic E-state index is 12.7. The van der Waals surface area contributed by atoms with Crippen LogP contribution in [-0.4, -0.2) is 54.5 Å². The van der Waals surface area contributed by atoms with Crippen LogP contribution in [0.2, 0.25) is 0 Å². The smallest absolute Gasteiger partial charge is 0.238 e. The molecule has 0 atom stereocenters. The SMILES string of the molecule is CCOc1cccc2c1OCCCCCNC(=O)CN(CC(=O)Nc1cncc(C)c1)C2. The third-order valence-electron chi connectivity index (χ3n) is 5.04. The van der Waals surface area contributed by atoms with Crippen molar-refractivity contribution >= 4 is 17.5 Å². The molecule has 8 heteroatoms. The predicted molar refractivity (Wildman–Crippen MR) is 123 cm³/mol. The average Bonchev–Trinajstić information content (AvgIpc) is 2.75. The van der Waals surface area contributed by atoms with E-state index in [1.54, 1.807) is 12.4 Å². The van der Waals surface area contributed by atoms with Crippen LogP contribution < -0.4 is 20.1 Å². The fourth-order valence-electron chi connectivity index (χ4n) is 3.62. The number of aromatic nitrogens is 1. The highest BCUT2D eigenvalue weighted by Crippen LogP contribution is 2.32. The Morgan fingerprint density at radius 2 is 2.12 bits per heavy atom. The van der Waals surface area contributed by atoms with E-state index in [1.165, 1.54) is 0 Å². The Morgan fingerprint density at radius 3 is 2.94 bits per heavy atom. The summed E-state index contributed by atoms with van der Waals surface area (Å²) in [7, 11) is 0. The zero-order chi connectivity index (χ0) is 22.8. The Labute approximate surface area is 189 Å². The number of pyridine rings is 1. The summed E-state index contributed by atoms with van der Waals surface area (Å²) >= 11 is 0. The molecule has 2 heterocycles. The van der Waals surface area contributed by atoms with Gasteiger partial charge in [0, 0.05) is 24.8 Å². The zero-order valence-corrected chi connectivity index (χ0v) is 18.9. The minimum absolute atomic E-state index is 0.0552. The largest absolute Gasteiger partial charge is 0.490 e. The normalized spacial score (nSPS) is 15.8. The molecule has 172 valence electrons. The van der Waals surface area contributed by atoms with Gasteiger partial charge in [-0.2, -0.15) is 0 Å². The number of para-hydroxylation sites is 1. The molecule has 1 aliphatic rings. The Bertz CT molecular complexity index is 919. The van der Waals surface area contributed by atoms with E-state index >= 15 is 0 Å². The van der Waals surface area contributed by atoms with Gasteiger partial charge in [-0.25, -0.2) is 0 Å². The van der Waals surface area contributed by atoms with E-state index < -0.39 is 0 Å². The van der Waals surface area contributed by atoms with Crippen LogP contribution in [-0.2, 0) is 16.1 Å².